The minimum Gasteiger partial charge on any atom is -0.327 e. The van der Waals surface area contributed by atoms with Crippen molar-refractivity contribution in [3.05, 3.63) is 0 Å². The second-order valence-electron chi connectivity index (χ2n) is 2.96. The molecule has 0 atom stereocenters. The lowest BCUT2D eigenvalue weighted by molar-refractivity contribution is -1.92. The Morgan fingerprint density at radius 3 is 1.15 bits per heavy atom. The van der Waals surface area contributed by atoms with Crippen molar-refractivity contribution in [1.82, 2.24) is 0 Å². The Kier molecular flexibility index (Phi) is 7.81. The monoisotopic (exact) mass is 216 g/mol. The van der Waals surface area contributed by atoms with E-state index < -0.39 is 10.2 Å². The summed E-state index contributed by atoms with van der Waals surface area (Å²) in [6, 6.07) is 0. The van der Waals surface area contributed by atoms with Gasteiger partial charge in [0.15, 0.2) is 0 Å². The van der Waals surface area contributed by atoms with Crippen LogP contribution in [0.5, 0.6) is 0 Å². The summed E-state index contributed by atoms with van der Waals surface area (Å²) in [6.07, 6.45) is 0. The smallest absolute Gasteiger partial charge is 0.0777 e. The zero-order valence-corrected chi connectivity index (χ0v) is 9.37. The molecular weight excluding hydrogens is 198 g/mol. The molecule has 0 saturated heterocycles. The van der Waals surface area contributed by atoms with Crippen LogP contribution in [0, 0.1) is 10.2 Å². The lowest BCUT2D eigenvalue weighted by Crippen LogP contribution is -2.58. The van der Waals surface area contributed by atoms with Crippen LogP contribution in [0.3, 0.4) is 0 Å². The fraction of sp³-hybridized carbons (Fsp3) is 1.00. The van der Waals surface area contributed by atoms with Gasteiger partial charge >= 0.3 is 0 Å². The third-order valence-corrected chi connectivity index (χ3v) is 2.29. The second kappa shape index (κ2) is 6.53. The van der Waals surface area contributed by atoms with Gasteiger partial charge in [0, 0.05) is 0 Å². The van der Waals surface area contributed by atoms with Gasteiger partial charge in [0.25, 0.3) is 0 Å². The molecule has 0 spiro atoms. The average molecular weight is 217 g/mol. The molecule has 0 aliphatic carbocycles. The summed E-state index contributed by atoms with van der Waals surface area (Å²) in [5, 5.41) is 0. The number of hydrogen-bond acceptors (Lipinski definition) is 4. The first-order chi connectivity index (χ1) is 5.68. The Labute approximate surface area is 81.5 Å². The van der Waals surface area contributed by atoms with Crippen LogP contribution in [-0.4, -0.2) is 35.8 Å². The lowest BCUT2D eigenvalue weighted by Gasteiger charge is -2.30. The van der Waals surface area contributed by atoms with E-state index in [1.165, 1.54) is 24.1 Å². The Balaban J connectivity index is 0. The average Bonchev–Trinajstić information content (AvgIpc) is 2.00. The fourth-order valence-electron chi connectivity index (χ4n) is 0.671. The zero-order chi connectivity index (χ0) is 11.1. The molecule has 0 heterocycles. The molecule has 1 N–H and O–H groups in total. The predicted molar refractivity (Wildman–Crippen MR) is 40.0 cm³/mol. The maximum atomic E-state index is 8.60. The molecule has 0 aromatic heterocycles. The first kappa shape index (κ1) is 15.6. The van der Waals surface area contributed by atoms with Crippen molar-refractivity contribution < 1.29 is 33.4 Å². The minimum atomic E-state index is -4.69. The van der Waals surface area contributed by atoms with Crippen molar-refractivity contribution in [2.75, 3.05) is 26.7 Å². The zero-order valence-electron chi connectivity index (χ0n) is 8.62. The highest BCUT2D eigenvalue weighted by Crippen LogP contribution is 1.97. The van der Waals surface area contributed by atoms with Crippen LogP contribution in [-0.2, 0) is 0 Å². The maximum Gasteiger partial charge on any atom is 0.0777 e. The topological polar surface area (TPSA) is 89.4 Å². The van der Waals surface area contributed by atoms with Crippen LogP contribution in [0.15, 0.2) is 0 Å². The van der Waals surface area contributed by atoms with Crippen molar-refractivity contribution in [3.63, 3.8) is 0 Å². The number of halogens is 1. The molecule has 0 saturated carbocycles. The first-order valence-corrected chi connectivity index (χ1v) is 5.41. The molecule has 82 valence electrons. The lowest BCUT2D eigenvalue weighted by atomic mass is 10.4. The highest BCUT2D eigenvalue weighted by molar-refractivity contribution is 4.24. The third kappa shape index (κ3) is 14.9. The van der Waals surface area contributed by atoms with Crippen molar-refractivity contribution in [1.29, 1.82) is 0 Å². The van der Waals surface area contributed by atoms with E-state index in [0.717, 1.165) is 0 Å². The van der Waals surface area contributed by atoms with Gasteiger partial charge in [-0.15, -0.1) is 0 Å². The fourth-order valence-corrected chi connectivity index (χ4v) is 0.671. The van der Waals surface area contributed by atoms with E-state index in [1.54, 1.807) is 0 Å². The molecular formula is C7H19ClNO4+. The van der Waals surface area contributed by atoms with Gasteiger partial charge in [0.2, 0.25) is 0 Å². The molecule has 0 aromatic rings. The van der Waals surface area contributed by atoms with E-state index in [2.05, 4.69) is 27.8 Å². The first-order valence-electron chi connectivity index (χ1n) is 4.15. The molecule has 0 fully saturated rings. The number of quaternary nitrogens is 1. The van der Waals surface area contributed by atoms with Gasteiger partial charge in [-0.25, -0.2) is 0 Å². The predicted octanol–water partition coefficient (Wildman–Crippen LogP) is -2.63. The summed E-state index contributed by atoms with van der Waals surface area (Å²) in [4.78, 5) is 0. The Hall–Kier alpha value is 0.0900. The van der Waals surface area contributed by atoms with Gasteiger partial charge in [-0.2, -0.15) is 14.0 Å². The maximum absolute atomic E-state index is 8.60. The Morgan fingerprint density at radius 1 is 1.00 bits per heavy atom. The summed E-state index contributed by atoms with van der Waals surface area (Å²) in [6.45, 7) is 10.5. The number of hydrogen-bond donors (Lipinski definition) is 1. The quantitative estimate of drug-likeness (QED) is 0.523. The molecule has 13 heavy (non-hydrogen) atoms. The molecule has 5 nitrogen and oxygen atoms in total. The van der Waals surface area contributed by atoms with E-state index in [4.69, 9.17) is 18.6 Å². The molecule has 0 radical (unpaired) electrons. The van der Waals surface area contributed by atoms with Crippen LogP contribution in [0.2, 0.25) is 0 Å². The SMILES string of the molecule is CC[N+](C)(CC)CC.[O-][Cl+3]([O-])([O-])O. The van der Waals surface area contributed by atoms with Crippen molar-refractivity contribution in [2.45, 2.75) is 20.8 Å². The normalized spacial score (nSPS) is 12.0. The van der Waals surface area contributed by atoms with Crippen molar-refractivity contribution >= 4 is 0 Å². The van der Waals surface area contributed by atoms with E-state index in [0.29, 0.717) is 0 Å². The highest BCUT2D eigenvalue weighted by atomic mass is 35.7. The van der Waals surface area contributed by atoms with Crippen LogP contribution >= 0.6 is 0 Å². The summed E-state index contributed by atoms with van der Waals surface area (Å²) in [5.74, 6) is 0. The Morgan fingerprint density at radius 2 is 1.15 bits per heavy atom. The summed E-state index contributed by atoms with van der Waals surface area (Å²) in [5.41, 5.74) is 0. The van der Waals surface area contributed by atoms with Gasteiger partial charge in [-0.05, 0) is 20.8 Å². The van der Waals surface area contributed by atoms with E-state index >= 15 is 0 Å². The van der Waals surface area contributed by atoms with Crippen LogP contribution < -0.4 is 14.0 Å². The molecule has 6 heteroatoms. The second-order valence-corrected chi connectivity index (χ2v) is 3.76. The molecule has 0 amide bonds. The molecule has 0 bridgehead atoms. The van der Waals surface area contributed by atoms with E-state index in [1.807, 2.05) is 0 Å². The molecule has 0 aliphatic heterocycles. The van der Waals surface area contributed by atoms with Crippen molar-refractivity contribution in [2.24, 2.45) is 0 Å². The summed E-state index contributed by atoms with van der Waals surface area (Å²) < 4.78 is 33.9. The summed E-state index contributed by atoms with van der Waals surface area (Å²) in [7, 11) is -2.40. The molecule has 0 rings (SSSR count). The third-order valence-electron chi connectivity index (χ3n) is 2.29. The Bertz CT molecular complexity index is 108. The van der Waals surface area contributed by atoms with E-state index in [-0.39, 0.29) is 0 Å². The molecule has 0 aromatic carbocycles. The van der Waals surface area contributed by atoms with E-state index in [9.17, 15) is 0 Å². The summed E-state index contributed by atoms with van der Waals surface area (Å²) >= 11 is 0. The molecule has 0 aliphatic rings. The van der Waals surface area contributed by atoms with Gasteiger partial charge in [0.05, 0.1) is 41.6 Å². The van der Waals surface area contributed by atoms with Gasteiger partial charge in [-0.3, -0.25) is 0 Å². The van der Waals surface area contributed by atoms with Crippen LogP contribution in [0.4, 0.5) is 0 Å². The number of nitrogens with zero attached hydrogens (tertiary/aromatic N) is 1. The molecule has 0 unspecified atom stereocenters. The largest absolute Gasteiger partial charge is 0.327 e. The van der Waals surface area contributed by atoms with Crippen molar-refractivity contribution in [3.8, 4) is 0 Å². The highest BCUT2D eigenvalue weighted by Gasteiger charge is 2.10. The van der Waals surface area contributed by atoms with Gasteiger partial charge in [0.1, 0.15) is 0 Å². The van der Waals surface area contributed by atoms with Gasteiger partial charge in [-0.1, -0.05) is 0 Å². The van der Waals surface area contributed by atoms with Gasteiger partial charge < -0.3 is 4.48 Å². The number of rotatable bonds is 3. The minimum absolute atomic E-state index is 1.21. The van der Waals surface area contributed by atoms with Crippen LogP contribution in [0.1, 0.15) is 20.8 Å². The van der Waals surface area contributed by atoms with Crippen LogP contribution in [0.25, 0.3) is 0 Å². The standard InChI is InChI=1S/C7H18N.ClHO4/c1-5-8(4,6-2)7-3;2-1(3,4)5/h5-7H2,1-4H3;(H,2,3,4,5)/q+1;.